The lowest BCUT2D eigenvalue weighted by Crippen LogP contribution is -2.33. The van der Waals surface area contributed by atoms with Crippen LogP contribution in [0.2, 0.25) is 0 Å². The Kier molecular flexibility index (Phi) is 5.67. The molecule has 0 aromatic heterocycles. The molecule has 0 saturated heterocycles. The minimum absolute atomic E-state index is 0.182. The van der Waals surface area contributed by atoms with Crippen molar-refractivity contribution in [3.8, 4) is 0 Å². The molecule has 0 aliphatic heterocycles. The summed E-state index contributed by atoms with van der Waals surface area (Å²) in [6, 6.07) is 0. The monoisotopic (exact) mass is 250 g/mol. The van der Waals surface area contributed by atoms with Crippen LogP contribution in [0, 0.1) is 0 Å². The average Bonchev–Trinajstić information content (AvgIpc) is 2.26. The SMILES string of the molecule is C=CC(=O)OC(C)(CC)CCS(=O)(=O)OC. The third kappa shape index (κ3) is 5.27. The van der Waals surface area contributed by atoms with Crippen LogP contribution in [-0.2, 0) is 23.8 Å². The fourth-order valence-corrected chi connectivity index (χ4v) is 1.86. The van der Waals surface area contributed by atoms with Crippen LogP contribution in [0.5, 0.6) is 0 Å². The van der Waals surface area contributed by atoms with Gasteiger partial charge >= 0.3 is 5.97 Å². The molecule has 0 fully saturated rings. The molecule has 0 N–H and O–H groups in total. The van der Waals surface area contributed by atoms with Gasteiger partial charge in [0.1, 0.15) is 5.60 Å². The minimum Gasteiger partial charge on any atom is -0.456 e. The number of carbonyl (C=O) groups is 1. The first-order valence-electron chi connectivity index (χ1n) is 4.92. The quantitative estimate of drug-likeness (QED) is 0.386. The van der Waals surface area contributed by atoms with Crippen molar-refractivity contribution in [3.63, 3.8) is 0 Å². The maximum absolute atomic E-state index is 11.1. The summed E-state index contributed by atoms with van der Waals surface area (Å²) in [5.41, 5.74) is -0.809. The molecule has 0 heterocycles. The van der Waals surface area contributed by atoms with E-state index >= 15 is 0 Å². The number of ether oxygens (including phenoxy) is 1. The first-order valence-corrected chi connectivity index (χ1v) is 6.50. The second-order valence-electron chi connectivity index (χ2n) is 3.61. The summed E-state index contributed by atoms with van der Waals surface area (Å²) in [5.74, 6) is -0.739. The summed E-state index contributed by atoms with van der Waals surface area (Å²) in [5, 5.41) is 0. The molecule has 0 radical (unpaired) electrons. The van der Waals surface area contributed by atoms with E-state index in [9.17, 15) is 13.2 Å². The van der Waals surface area contributed by atoms with Crippen LogP contribution >= 0.6 is 0 Å². The number of rotatable bonds is 7. The molecule has 0 saturated carbocycles. The maximum atomic E-state index is 11.1. The zero-order valence-corrected chi connectivity index (χ0v) is 10.7. The number of esters is 1. The molecule has 0 aliphatic carbocycles. The third-order valence-electron chi connectivity index (χ3n) is 2.40. The zero-order chi connectivity index (χ0) is 12.8. The molecule has 0 aliphatic rings. The standard InChI is InChI=1S/C10H18O5S/c1-5-9(11)15-10(3,6-2)7-8-16(12,13)14-4/h5H,1,6-8H2,2-4H3. The van der Waals surface area contributed by atoms with Crippen molar-refractivity contribution in [2.24, 2.45) is 0 Å². The molecule has 94 valence electrons. The Bertz CT molecular complexity index is 346. The van der Waals surface area contributed by atoms with Gasteiger partial charge in [-0.2, -0.15) is 8.42 Å². The van der Waals surface area contributed by atoms with Gasteiger partial charge in [-0.1, -0.05) is 13.5 Å². The molecule has 0 amide bonds. The highest BCUT2D eigenvalue weighted by Crippen LogP contribution is 2.21. The molecule has 1 atom stereocenters. The first kappa shape index (κ1) is 15.1. The molecule has 0 aromatic rings. The lowest BCUT2D eigenvalue weighted by molar-refractivity contribution is -0.152. The van der Waals surface area contributed by atoms with Crippen LogP contribution in [0.4, 0.5) is 0 Å². The number of hydrogen-bond donors (Lipinski definition) is 0. The van der Waals surface area contributed by atoms with Gasteiger partial charge in [-0.15, -0.1) is 0 Å². The second kappa shape index (κ2) is 6.00. The third-order valence-corrected chi connectivity index (χ3v) is 3.61. The Labute approximate surface area is 96.6 Å². The smallest absolute Gasteiger partial charge is 0.330 e. The summed E-state index contributed by atoms with van der Waals surface area (Å²) < 4.78 is 31.7. The van der Waals surface area contributed by atoms with Crippen molar-refractivity contribution >= 4 is 16.1 Å². The summed E-state index contributed by atoms with van der Waals surface area (Å²) in [7, 11) is -2.42. The van der Waals surface area contributed by atoms with E-state index in [0.717, 1.165) is 13.2 Å². The van der Waals surface area contributed by atoms with Gasteiger partial charge < -0.3 is 4.74 Å². The van der Waals surface area contributed by atoms with Crippen molar-refractivity contribution in [3.05, 3.63) is 12.7 Å². The predicted molar refractivity (Wildman–Crippen MR) is 60.4 cm³/mol. The first-order chi connectivity index (χ1) is 7.28. The van der Waals surface area contributed by atoms with Gasteiger partial charge in [-0.3, -0.25) is 4.18 Å². The maximum Gasteiger partial charge on any atom is 0.330 e. The van der Waals surface area contributed by atoms with Crippen LogP contribution in [0.15, 0.2) is 12.7 Å². The molecule has 6 heteroatoms. The lowest BCUT2D eigenvalue weighted by Gasteiger charge is -2.27. The Balaban J connectivity index is 4.49. The predicted octanol–water partition coefficient (Wildman–Crippen LogP) is 1.25. The highest BCUT2D eigenvalue weighted by atomic mass is 32.2. The van der Waals surface area contributed by atoms with Gasteiger partial charge in [-0.05, 0) is 13.3 Å². The van der Waals surface area contributed by atoms with Gasteiger partial charge in [0, 0.05) is 12.5 Å². The Hall–Kier alpha value is -0.880. The normalized spacial score (nSPS) is 15.2. The molecule has 16 heavy (non-hydrogen) atoms. The highest BCUT2D eigenvalue weighted by Gasteiger charge is 2.28. The van der Waals surface area contributed by atoms with Crippen LogP contribution in [0.25, 0.3) is 0 Å². The number of carbonyl (C=O) groups excluding carboxylic acids is 1. The van der Waals surface area contributed by atoms with Gasteiger partial charge in [0.25, 0.3) is 10.1 Å². The summed E-state index contributed by atoms with van der Waals surface area (Å²) in [6.45, 7) is 6.78. The molecule has 0 bridgehead atoms. The van der Waals surface area contributed by atoms with Crippen molar-refractivity contribution in [2.75, 3.05) is 12.9 Å². The molecule has 5 nitrogen and oxygen atoms in total. The fourth-order valence-electron chi connectivity index (χ4n) is 1.01. The van der Waals surface area contributed by atoms with Gasteiger partial charge in [0.2, 0.25) is 0 Å². The Morgan fingerprint density at radius 3 is 2.44 bits per heavy atom. The summed E-state index contributed by atoms with van der Waals surface area (Å²) in [6.07, 6.45) is 1.77. The molecular formula is C10H18O5S. The van der Waals surface area contributed by atoms with E-state index in [4.69, 9.17) is 4.74 Å². The number of hydrogen-bond acceptors (Lipinski definition) is 5. The van der Waals surface area contributed by atoms with Crippen LogP contribution in [-0.4, -0.2) is 32.9 Å². The van der Waals surface area contributed by atoms with Crippen LogP contribution in [0.3, 0.4) is 0 Å². The summed E-state index contributed by atoms with van der Waals surface area (Å²) in [4.78, 5) is 11.1. The molecular weight excluding hydrogens is 232 g/mol. The van der Waals surface area contributed by atoms with E-state index in [0.29, 0.717) is 6.42 Å². The van der Waals surface area contributed by atoms with E-state index in [1.807, 2.05) is 6.92 Å². The Morgan fingerprint density at radius 1 is 1.50 bits per heavy atom. The highest BCUT2D eigenvalue weighted by molar-refractivity contribution is 7.86. The molecule has 0 aromatic carbocycles. The van der Waals surface area contributed by atoms with Crippen LogP contribution < -0.4 is 0 Å². The van der Waals surface area contributed by atoms with E-state index in [1.165, 1.54) is 0 Å². The van der Waals surface area contributed by atoms with E-state index in [2.05, 4.69) is 10.8 Å². The second-order valence-corrected chi connectivity index (χ2v) is 5.46. The van der Waals surface area contributed by atoms with Gasteiger partial charge in [0.15, 0.2) is 0 Å². The summed E-state index contributed by atoms with van der Waals surface area (Å²) >= 11 is 0. The van der Waals surface area contributed by atoms with Gasteiger partial charge in [0.05, 0.1) is 12.9 Å². The molecule has 1 unspecified atom stereocenters. The Morgan fingerprint density at radius 2 is 2.06 bits per heavy atom. The minimum atomic E-state index is -3.52. The van der Waals surface area contributed by atoms with E-state index in [-0.39, 0.29) is 12.2 Å². The topological polar surface area (TPSA) is 69.7 Å². The fraction of sp³-hybridized carbons (Fsp3) is 0.700. The van der Waals surface area contributed by atoms with Crippen molar-refractivity contribution in [1.82, 2.24) is 0 Å². The van der Waals surface area contributed by atoms with Gasteiger partial charge in [-0.25, -0.2) is 4.79 Å². The van der Waals surface area contributed by atoms with Crippen molar-refractivity contribution in [2.45, 2.75) is 32.3 Å². The molecule has 0 rings (SSSR count). The average molecular weight is 250 g/mol. The lowest BCUT2D eigenvalue weighted by atomic mass is 10.0. The van der Waals surface area contributed by atoms with E-state index in [1.54, 1.807) is 6.92 Å². The van der Waals surface area contributed by atoms with Crippen molar-refractivity contribution < 1.29 is 22.1 Å². The van der Waals surface area contributed by atoms with E-state index < -0.39 is 21.7 Å². The zero-order valence-electron chi connectivity index (χ0n) is 9.86. The van der Waals surface area contributed by atoms with Crippen molar-refractivity contribution in [1.29, 1.82) is 0 Å². The molecule has 0 spiro atoms. The largest absolute Gasteiger partial charge is 0.456 e. The van der Waals surface area contributed by atoms with Crippen LogP contribution in [0.1, 0.15) is 26.7 Å².